The second-order valence-electron chi connectivity index (χ2n) is 5.89. The summed E-state index contributed by atoms with van der Waals surface area (Å²) < 4.78 is 1.70. The van der Waals surface area contributed by atoms with E-state index in [1.165, 1.54) is 11.8 Å². The predicted octanol–water partition coefficient (Wildman–Crippen LogP) is 3.06. The van der Waals surface area contributed by atoms with Crippen LogP contribution in [0.5, 0.6) is 0 Å². The van der Waals surface area contributed by atoms with Gasteiger partial charge in [0, 0.05) is 0 Å². The highest BCUT2D eigenvalue weighted by Crippen LogP contribution is 2.32. The first kappa shape index (κ1) is 16.5. The SMILES string of the molecule is Cc1ccccc1-n1nnnc1S[C@H](C)c1nc2ccccc2c(=O)[nH]1. The van der Waals surface area contributed by atoms with Crippen molar-refractivity contribution < 1.29 is 0 Å². The Labute approximate surface area is 153 Å². The summed E-state index contributed by atoms with van der Waals surface area (Å²) in [6, 6.07) is 15.2. The third kappa shape index (κ3) is 2.99. The molecular weight excluding hydrogens is 348 g/mol. The van der Waals surface area contributed by atoms with Crippen LogP contribution < -0.4 is 5.56 Å². The van der Waals surface area contributed by atoms with Crippen molar-refractivity contribution >= 4 is 22.7 Å². The average Bonchev–Trinajstić information content (AvgIpc) is 3.10. The number of rotatable bonds is 4. The van der Waals surface area contributed by atoms with Crippen molar-refractivity contribution in [3.63, 3.8) is 0 Å². The molecule has 0 aliphatic carbocycles. The van der Waals surface area contributed by atoms with E-state index >= 15 is 0 Å². The Hall–Kier alpha value is -3.00. The van der Waals surface area contributed by atoms with Crippen LogP contribution in [0.15, 0.2) is 58.5 Å². The second-order valence-corrected chi connectivity index (χ2v) is 7.20. The number of hydrogen-bond acceptors (Lipinski definition) is 6. The third-order valence-electron chi connectivity index (χ3n) is 4.08. The summed E-state index contributed by atoms with van der Waals surface area (Å²) in [7, 11) is 0. The molecule has 8 heteroatoms. The fourth-order valence-electron chi connectivity index (χ4n) is 2.72. The van der Waals surface area contributed by atoms with E-state index in [-0.39, 0.29) is 10.8 Å². The number of para-hydroxylation sites is 2. The molecule has 26 heavy (non-hydrogen) atoms. The molecule has 0 amide bonds. The van der Waals surface area contributed by atoms with Crippen LogP contribution in [0.3, 0.4) is 0 Å². The van der Waals surface area contributed by atoms with E-state index in [0.717, 1.165) is 11.3 Å². The van der Waals surface area contributed by atoms with Crippen LogP contribution in [0.1, 0.15) is 23.6 Å². The highest BCUT2D eigenvalue weighted by Gasteiger charge is 2.18. The molecule has 2 aromatic heterocycles. The Morgan fingerprint density at radius 2 is 1.88 bits per heavy atom. The quantitative estimate of drug-likeness (QED) is 0.560. The fourth-order valence-corrected chi connectivity index (χ4v) is 3.57. The zero-order valence-corrected chi connectivity index (χ0v) is 15.1. The van der Waals surface area contributed by atoms with E-state index in [1.807, 2.05) is 56.3 Å². The van der Waals surface area contributed by atoms with Gasteiger partial charge in [-0.3, -0.25) is 4.79 Å². The van der Waals surface area contributed by atoms with Gasteiger partial charge in [0.25, 0.3) is 5.56 Å². The van der Waals surface area contributed by atoms with E-state index in [0.29, 0.717) is 21.9 Å². The van der Waals surface area contributed by atoms with E-state index in [2.05, 4.69) is 25.5 Å². The van der Waals surface area contributed by atoms with Crippen LogP contribution in [0.4, 0.5) is 0 Å². The number of hydrogen-bond donors (Lipinski definition) is 1. The molecule has 0 bridgehead atoms. The fraction of sp³-hybridized carbons (Fsp3) is 0.167. The van der Waals surface area contributed by atoms with Gasteiger partial charge in [-0.05, 0) is 48.0 Å². The maximum Gasteiger partial charge on any atom is 0.258 e. The van der Waals surface area contributed by atoms with Crippen molar-refractivity contribution in [2.45, 2.75) is 24.3 Å². The van der Waals surface area contributed by atoms with Crippen molar-refractivity contribution in [3.8, 4) is 5.69 Å². The summed E-state index contributed by atoms with van der Waals surface area (Å²) in [6.07, 6.45) is 0. The maximum atomic E-state index is 12.3. The van der Waals surface area contributed by atoms with Gasteiger partial charge in [-0.2, -0.15) is 4.68 Å². The molecule has 0 unspecified atom stereocenters. The zero-order chi connectivity index (χ0) is 18.1. The number of benzene rings is 2. The van der Waals surface area contributed by atoms with Crippen molar-refractivity contribution in [1.29, 1.82) is 0 Å². The molecule has 0 spiro atoms. The lowest BCUT2D eigenvalue weighted by atomic mass is 10.2. The third-order valence-corrected chi connectivity index (χ3v) is 5.13. The van der Waals surface area contributed by atoms with Gasteiger partial charge < -0.3 is 4.98 Å². The van der Waals surface area contributed by atoms with Crippen LogP contribution in [0.2, 0.25) is 0 Å². The van der Waals surface area contributed by atoms with Crippen molar-refractivity contribution in [3.05, 3.63) is 70.3 Å². The lowest BCUT2D eigenvalue weighted by molar-refractivity contribution is 0.749. The van der Waals surface area contributed by atoms with Gasteiger partial charge in [-0.25, -0.2) is 4.98 Å². The van der Waals surface area contributed by atoms with Gasteiger partial charge in [0.15, 0.2) is 0 Å². The second kappa shape index (κ2) is 6.72. The Kier molecular flexibility index (Phi) is 4.26. The molecule has 2 heterocycles. The molecule has 4 rings (SSSR count). The van der Waals surface area contributed by atoms with Crippen molar-refractivity contribution in [1.82, 2.24) is 30.2 Å². The summed E-state index contributed by atoms with van der Waals surface area (Å²) >= 11 is 1.44. The first-order chi connectivity index (χ1) is 12.6. The van der Waals surface area contributed by atoms with E-state index in [1.54, 1.807) is 10.7 Å². The summed E-state index contributed by atoms with van der Waals surface area (Å²) in [5, 5.41) is 13.1. The van der Waals surface area contributed by atoms with Gasteiger partial charge in [0.05, 0.1) is 21.8 Å². The van der Waals surface area contributed by atoms with Crippen molar-refractivity contribution in [2.24, 2.45) is 0 Å². The largest absolute Gasteiger partial charge is 0.309 e. The minimum atomic E-state index is -0.142. The Morgan fingerprint density at radius 3 is 2.73 bits per heavy atom. The molecule has 0 saturated carbocycles. The number of fused-ring (bicyclic) bond motifs is 1. The molecule has 4 aromatic rings. The van der Waals surface area contributed by atoms with Crippen LogP contribution >= 0.6 is 11.8 Å². The van der Waals surface area contributed by atoms with Crippen LogP contribution in [0, 0.1) is 6.92 Å². The molecule has 0 fully saturated rings. The van der Waals surface area contributed by atoms with Crippen molar-refractivity contribution in [2.75, 3.05) is 0 Å². The molecule has 1 atom stereocenters. The smallest absolute Gasteiger partial charge is 0.258 e. The van der Waals surface area contributed by atoms with Gasteiger partial charge in [0.2, 0.25) is 5.16 Å². The zero-order valence-electron chi connectivity index (χ0n) is 14.2. The number of nitrogens with one attached hydrogen (secondary N) is 1. The topological polar surface area (TPSA) is 89.3 Å². The molecular formula is C18H16N6OS. The maximum absolute atomic E-state index is 12.3. The minimum absolute atomic E-state index is 0.124. The number of aromatic amines is 1. The number of nitrogens with zero attached hydrogens (tertiary/aromatic N) is 5. The summed E-state index contributed by atoms with van der Waals surface area (Å²) in [6.45, 7) is 3.98. The first-order valence-corrected chi connectivity index (χ1v) is 9.01. The molecule has 2 aromatic carbocycles. The highest BCUT2D eigenvalue weighted by atomic mass is 32.2. The molecule has 130 valence electrons. The Balaban J connectivity index is 1.68. The normalized spacial score (nSPS) is 12.4. The predicted molar refractivity (Wildman–Crippen MR) is 101 cm³/mol. The van der Waals surface area contributed by atoms with Gasteiger partial charge in [-0.15, -0.1) is 5.10 Å². The lowest BCUT2D eigenvalue weighted by Gasteiger charge is -2.12. The van der Waals surface area contributed by atoms with Gasteiger partial charge in [-0.1, -0.05) is 42.1 Å². The molecule has 0 radical (unpaired) electrons. The highest BCUT2D eigenvalue weighted by molar-refractivity contribution is 7.99. The molecule has 0 aliphatic rings. The number of tetrazole rings is 1. The minimum Gasteiger partial charge on any atom is -0.309 e. The van der Waals surface area contributed by atoms with Gasteiger partial charge >= 0.3 is 0 Å². The average molecular weight is 364 g/mol. The summed E-state index contributed by atoms with van der Waals surface area (Å²) in [5.74, 6) is 0.595. The first-order valence-electron chi connectivity index (χ1n) is 8.13. The number of thioether (sulfide) groups is 1. The number of H-pyrrole nitrogens is 1. The van der Waals surface area contributed by atoms with Crippen LogP contribution in [-0.4, -0.2) is 30.2 Å². The van der Waals surface area contributed by atoms with Gasteiger partial charge in [0.1, 0.15) is 5.82 Å². The number of aromatic nitrogens is 6. The molecule has 7 nitrogen and oxygen atoms in total. The van der Waals surface area contributed by atoms with Crippen LogP contribution in [-0.2, 0) is 0 Å². The Bertz CT molecular complexity index is 1140. The number of aryl methyl sites for hydroxylation is 1. The van der Waals surface area contributed by atoms with E-state index in [4.69, 9.17) is 0 Å². The molecule has 1 N–H and O–H groups in total. The van der Waals surface area contributed by atoms with Crippen LogP contribution in [0.25, 0.3) is 16.6 Å². The van der Waals surface area contributed by atoms with E-state index < -0.39 is 0 Å². The lowest BCUT2D eigenvalue weighted by Crippen LogP contribution is -2.13. The Morgan fingerprint density at radius 1 is 1.12 bits per heavy atom. The molecule has 0 aliphatic heterocycles. The summed E-state index contributed by atoms with van der Waals surface area (Å²) in [5.41, 5.74) is 2.53. The monoisotopic (exact) mass is 364 g/mol. The standard InChI is InChI=1S/C18H16N6OS/c1-11-7-3-6-10-15(11)24-18(21-22-23-24)26-12(2)16-19-14-9-5-4-8-13(14)17(25)20-16/h3-10,12H,1-2H3,(H,19,20,25)/t12-/m1/s1. The van der Waals surface area contributed by atoms with E-state index in [9.17, 15) is 4.79 Å². The molecule has 0 saturated heterocycles. The summed E-state index contributed by atoms with van der Waals surface area (Å²) in [4.78, 5) is 19.7.